The zero-order chi connectivity index (χ0) is 78.3. The Hall–Kier alpha value is -12.0. The number of nitrogens with zero attached hydrogens (tertiary/aromatic N) is 3. The number of aromatic nitrogens is 1. The van der Waals surface area contributed by atoms with Crippen LogP contribution in [0.25, 0.3) is 137 Å². The van der Waals surface area contributed by atoms with Crippen LogP contribution in [0.4, 0.5) is 34.1 Å². The summed E-state index contributed by atoms with van der Waals surface area (Å²) >= 11 is 1.81. The van der Waals surface area contributed by atoms with Gasteiger partial charge in [-0.2, -0.15) is 0 Å². The average molecular weight is 1450 g/mol. The molecule has 16 aromatic carbocycles. The van der Waals surface area contributed by atoms with Gasteiger partial charge >= 0.3 is 0 Å². The predicted molar refractivity (Wildman–Crippen MR) is 481 cm³/mol. The molecule has 2 aliphatic rings. The van der Waals surface area contributed by atoms with Gasteiger partial charge in [-0.15, -0.1) is 11.3 Å². The van der Waals surface area contributed by atoms with Gasteiger partial charge in [0.1, 0.15) is 0 Å². The van der Waals surface area contributed by atoms with Gasteiger partial charge in [-0.25, -0.2) is 0 Å². The summed E-state index contributed by atoms with van der Waals surface area (Å²) in [5.74, 6) is 0. The molecule has 0 saturated carbocycles. The molecule has 0 fully saturated rings. The van der Waals surface area contributed by atoms with E-state index in [9.17, 15) is 4.11 Å². The van der Waals surface area contributed by atoms with Gasteiger partial charge in [0, 0.05) is 76.0 Å². The maximum absolute atomic E-state index is 12.2. The van der Waals surface area contributed by atoms with E-state index in [1.807, 2.05) is 11.3 Å². The first-order chi connectivity index (χ1) is 54.8. The number of hydrogen-bond acceptors (Lipinski definition) is 3. The molecule has 4 heterocycles. The van der Waals surface area contributed by atoms with Crippen LogP contribution in [0.15, 0.2) is 315 Å². The maximum atomic E-state index is 12.2. The van der Waals surface area contributed by atoms with E-state index >= 15 is 0 Å². The third kappa shape index (κ3) is 11.1. The third-order valence-corrected chi connectivity index (χ3v) is 25.0. The Morgan fingerprint density at radius 3 is 1.24 bits per heavy atom. The summed E-state index contributed by atoms with van der Waals surface area (Å²) in [5.41, 5.74) is 25.7. The van der Waals surface area contributed by atoms with Gasteiger partial charge in [0.15, 0.2) is 0 Å². The molecule has 0 spiro atoms. The van der Waals surface area contributed by atoms with Crippen molar-refractivity contribution in [2.75, 3.05) is 9.80 Å². The fraction of sp³-hybridized carbons (Fsp3) is 0.151. The molecule has 0 saturated heterocycles. The van der Waals surface area contributed by atoms with Crippen LogP contribution in [0.2, 0.25) is 0 Å². The summed E-state index contributed by atoms with van der Waals surface area (Å²) in [6.07, 6.45) is 0. The second-order valence-electron chi connectivity index (χ2n) is 35.0. The molecule has 3 nitrogen and oxygen atoms in total. The zero-order valence-corrected chi connectivity index (χ0v) is 65.9. The van der Waals surface area contributed by atoms with Crippen LogP contribution in [-0.4, -0.2) is 11.3 Å². The smallest absolute Gasteiger partial charge is 0.264 e. The minimum Gasteiger partial charge on any atom is -0.310 e. The SMILES string of the molecule is [2H]c1c([2H])c(-n2c3ccc(-c4ccccc4)cc3c3cc4ccc5cc(-c6ccccc6)cc6ccc(c4c56)c32)c([2H])c2c1B1c3sc4cc(C(C)(C)C)ccc4c3N(c3c(-c4ccccc4)cc(C(C)(C)C)cc3-c3ccccc3)c3cc(C(C)(C)C)cc(c31)N2c1c(-c2ccccc2)cc(C(C)(C)C)cc1-c1ccccc1. The molecule has 18 aromatic rings. The minimum atomic E-state index is -0.652. The zero-order valence-electron chi connectivity index (χ0n) is 68.1. The Morgan fingerprint density at radius 1 is 0.315 bits per heavy atom. The Labute approximate surface area is 661 Å². The van der Waals surface area contributed by atoms with Crippen molar-refractivity contribution in [2.24, 2.45) is 0 Å². The number of anilines is 6. The van der Waals surface area contributed by atoms with Gasteiger partial charge in [0.2, 0.25) is 0 Å². The van der Waals surface area contributed by atoms with Crippen LogP contribution in [0.3, 0.4) is 0 Å². The van der Waals surface area contributed by atoms with E-state index in [4.69, 9.17) is 0 Å². The number of fused-ring (bicyclic) bond motifs is 10. The summed E-state index contributed by atoms with van der Waals surface area (Å²) in [4.78, 5) is 5.11. The molecule has 0 amide bonds. The summed E-state index contributed by atoms with van der Waals surface area (Å²) < 4.78 is 39.9. The first kappa shape index (κ1) is 64.9. The highest BCUT2D eigenvalue weighted by Crippen LogP contribution is 2.58. The largest absolute Gasteiger partial charge is 0.310 e. The molecule has 111 heavy (non-hydrogen) atoms. The molecule has 0 unspecified atom stereocenters. The summed E-state index contributed by atoms with van der Waals surface area (Å²) in [6.45, 7) is 27.2. The Bertz CT molecular complexity index is 6820. The average Bonchev–Trinajstić information content (AvgIpc) is 1.15. The molecule has 0 aliphatic carbocycles. The quantitative estimate of drug-likeness (QED) is 0.105. The van der Waals surface area contributed by atoms with Crippen LogP contribution < -0.4 is 25.5 Å². The molecule has 0 atom stereocenters. The fourth-order valence-electron chi connectivity index (χ4n) is 17.9. The highest BCUT2D eigenvalue weighted by Gasteiger charge is 2.48. The molecule has 2 aromatic heterocycles. The lowest BCUT2D eigenvalue weighted by molar-refractivity contribution is 0.590. The van der Waals surface area contributed by atoms with E-state index in [1.54, 1.807) is 0 Å². The van der Waals surface area contributed by atoms with Crippen molar-refractivity contribution in [2.45, 2.75) is 105 Å². The van der Waals surface area contributed by atoms with Crippen LogP contribution >= 0.6 is 11.3 Å². The van der Waals surface area contributed by atoms with E-state index in [0.29, 0.717) is 16.8 Å². The summed E-state index contributed by atoms with van der Waals surface area (Å²) in [5, 5.41) is 9.82. The number of thiophene rings is 1. The predicted octanol–water partition coefficient (Wildman–Crippen LogP) is 28.2. The first-order valence-corrected chi connectivity index (χ1v) is 40.1. The lowest BCUT2D eigenvalue weighted by Crippen LogP contribution is -2.60. The second kappa shape index (κ2) is 25.3. The van der Waals surface area contributed by atoms with Gasteiger partial charge in [-0.1, -0.05) is 314 Å². The molecule has 2 aliphatic heterocycles. The highest BCUT2D eigenvalue weighted by atomic mass is 32.1. The van der Waals surface area contributed by atoms with Gasteiger partial charge in [0.05, 0.1) is 32.2 Å². The normalized spacial score (nSPS) is 13.5. The first-order valence-electron chi connectivity index (χ1n) is 40.7. The standard InChI is InChI=1S/C106H88BN3S/c1-103(2,3)76-47-50-81-94(63-76)111-102-101(81)110(100-85(69-39-27-17-28-40-69)59-78(105(7,8)9)60-86(100)70-41-29-18-30-42-70)93-62-79(106(10,11)12)61-92-97(93)107(102)89-51-48-80(64-91(89)109(92)99-83(67-35-23-15-24-36-67)57-77(104(4,5)6)58-84(99)68-37-25-16-26-38-68)108-90-52-46-71(65-31-19-13-20-32-65)55-87(90)88-56-74-44-43-72-53-75(66-33-21-14-22-34-66)54-73-45-49-82(98(88)108)96(74)95(72)73/h13-64H,1-12H3/i48D,51D,64D. The minimum absolute atomic E-state index is 0.00982. The van der Waals surface area contributed by atoms with Crippen molar-refractivity contribution < 1.29 is 4.11 Å². The third-order valence-electron chi connectivity index (χ3n) is 23.8. The Kier molecular flexibility index (Phi) is 14.8. The lowest BCUT2D eigenvalue weighted by Gasteiger charge is -2.46. The van der Waals surface area contributed by atoms with Crippen LogP contribution in [0, 0.1) is 0 Å². The van der Waals surface area contributed by atoms with E-state index in [2.05, 4.69) is 395 Å². The Balaban J connectivity index is 0.991. The molecule has 0 radical (unpaired) electrons. The van der Waals surface area contributed by atoms with Crippen LogP contribution in [-0.2, 0) is 21.7 Å². The molecule has 20 rings (SSSR count). The molecule has 536 valence electrons. The van der Waals surface area contributed by atoms with Gasteiger partial charge in [-0.05, 0) is 211 Å². The molecule has 5 heteroatoms. The van der Waals surface area contributed by atoms with E-state index in [1.165, 1.54) is 16.5 Å². The van der Waals surface area contributed by atoms with Crippen molar-refractivity contribution in [1.29, 1.82) is 0 Å². The second-order valence-corrected chi connectivity index (χ2v) is 36.1. The molecular formula is C106H88BN3S. The lowest BCUT2D eigenvalue weighted by atomic mass is 9.36. The van der Waals surface area contributed by atoms with Gasteiger partial charge in [0.25, 0.3) is 6.71 Å². The molecule has 0 bridgehead atoms. The van der Waals surface area contributed by atoms with Crippen LogP contribution in [0.1, 0.15) is 109 Å². The van der Waals surface area contributed by atoms with Crippen LogP contribution in [0.5, 0.6) is 0 Å². The Morgan fingerprint density at radius 2 is 0.748 bits per heavy atom. The van der Waals surface area contributed by atoms with Gasteiger partial charge < -0.3 is 14.4 Å². The monoisotopic (exact) mass is 1450 g/mol. The number of benzene rings is 16. The topological polar surface area (TPSA) is 11.4 Å². The molecule has 0 N–H and O–H groups in total. The number of hydrogen-bond donors (Lipinski definition) is 0. The molecular weight excluding hydrogens is 1360 g/mol. The van der Waals surface area contributed by atoms with E-state index in [0.717, 1.165) is 175 Å². The summed E-state index contributed by atoms with van der Waals surface area (Å²) in [6, 6.07) is 110. The highest BCUT2D eigenvalue weighted by molar-refractivity contribution is 7.33. The van der Waals surface area contributed by atoms with Crippen molar-refractivity contribution in [1.82, 2.24) is 4.57 Å². The van der Waals surface area contributed by atoms with Crippen molar-refractivity contribution in [3.8, 4) is 72.4 Å². The van der Waals surface area contributed by atoms with E-state index in [-0.39, 0.29) is 34.4 Å². The summed E-state index contributed by atoms with van der Waals surface area (Å²) in [7, 11) is 0. The number of rotatable bonds is 9. The maximum Gasteiger partial charge on any atom is 0.264 e. The van der Waals surface area contributed by atoms with Crippen molar-refractivity contribution in [3.63, 3.8) is 0 Å². The van der Waals surface area contributed by atoms with Crippen molar-refractivity contribution >= 4 is 132 Å². The van der Waals surface area contributed by atoms with Gasteiger partial charge in [-0.3, -0.25) is 0 Å². The van der Waals surface area contributed by atoms with E-state index < -0.39 is 12.1 Å². The van der Waals surface area contributed by atoms with Crippen molar-refractivity contribution in [3.05, 3.63) is 338 Å². The fourth-order valence-corrected chi connectivity index (χ4v) is 19.3.